The number of aromatic nitrogens is 2. The van der Waals surface area contributed by atoms with Gasteiger partial charge in [0.1, 0.15) is 6.61 Å². The summed E-state index contributed by atoms with van der Waals surface area (Å²) in [4.78, 5) is 15.1. The third-order valence-electron chi connectivity index (χ3n) is 5.37. The van der Waals surface area contributed by atoms with Crippen molar-refractivity contribution in [3.05, 3.63) is 42.2 Å². The Morgan fingerprint density at radius 3 is 2.89 bits per heavy atom. The molecule has 7 heteroatoms. The number of ether oxygens (including phenoxy) is 2. The first-order valence-electron chi connectivity index (χ1n) is 9.52. The van der Waals surface area contributed by atoms with Gasteiger partial charge in [-0.05, 0) is 24.6 Å². The smallest absolute Gasteiger partial charge is 0.227 e. The Hall–Kier alpha value is -2.54. The Labute approximate surface area is 159 Å². The standard InChI is InChI=1S/C20H26N4O3/c1-3-24(12-15-13-26-18-6-4-5-7-19(18)27-15)20(25)17-10-21-9-16(17)14-8-22-23(2)11-14/h4-8,11,15-17,21H,3,9-10,12-13H2,1-2H3/t15?,16-,17+/m1/s1. The van der Waals surface area contributed by atoms with Gasteiger partial charge in [-0.2, -0.15) is 5.10 Å². The van der Waals surface area contributed by atoms with Crippen molar-refractivity contribution in [3.63, 3.8) is 0 Å². The number of amides is 1. The molecular weight excluding hydrogens is 344 g/mol. The molecule has 1 unspecified atom stereocenters. The lowest BCUT2D eigenvalue weighted by Gasteiger charge is -2.32. The highest BCUT2D eigenvalue weighted by Gasteiger charge is 2.37. The molecule has 0 bridgehead atoms. The van der Waals surface area contributed by atoms with Gasteiger partial charge in [0.05, 0.1) is 18.7 Å². The highest BCUT2D eigenvalue weighted by atomic mass is 16.6. The van der Waals surface area contributed by atoms with Crippen LogP contribution in [0.1, 0.15) is 18.4 Å². The van der Waals surface area contributed by atoms with E-state index in [9.17, 15) is 4.79 Å². The largest absolute Gasteiger partial charge is 0.486 e. The van der Waals surface area contributed by atoms with Gasteiger partial charge in [0, 0.05) is 38.8 Å². The molecule has 4 rings (SSSR count). The average molecular weight is 370 g/mol. The maximum absolute atomic E-state index is 13.2. The summed E-state index contributed by atoms with van der Waals surface area (Å²) in [6, 6.07) is 7.65. The molecule has 144 valence electrons. The van der Waals surface area contributed by atoms with Crippen molar-refractivity contribution in [2.45, 2.75) is 18.9 Å². The van der Waals surface area contributed by atoms with Gasteiger partial charge < -0.3 is 19.7 Å². The van der Waals surface area contributed by atoms with E-state index in [-0.39, 0.29) is 23.8 Å². The van der Waals surface area contributed by atoms with Gasteiger partial charge >= 0.3 is 0 Å². The second kappa shape index (κ2) is 7.60. The Morgan fingerprint density at radius 2 is 2.15 bits per heavy atom. The van der Waals surface area contributed by atoms with Crippen molar-refractivity contribution in [1.82, 2.24) is 20.0 Å². The van der Waals surface area contributed by atoms with Crippen LogP contribution in [0, 0.1) is 5.92 Å². The number of fused-ring (bicyclic) bond motifs is 1. The number of hydrogen-bond donors (Lipinski definition) is 1. The van der Waals surface area contributed by atoms with Crippen LogP contribution in [0.25, 0.3) is 0 Å². The summed E-state index contributed by atoms with van der Waals surface area (Å²) in [6.45, 7) is 5.14. The number of para-hydroxylation sites is 2. The van der Waals surface area contributed by atoms with E-state index in [1.165, 1.54) is 0 Å². The predicted octanol–water partition coefficient (Wildman–Crippen LogP) is 1.41. The summed E-state index contributed by atoms with van der Waals surface area (Å²) in [6.07, 6.45) is 3.71. The number of carbonyl (C=O) groups is 1. The van der Waals surface area contributed by atoms with Gasteiger partial charge in [0.15, 0.2) is 17.6 Å². The van der Waals surface area contributed by atoms with Crippen LogP contribution in [0.5, 0.6) is 11.5 Å². The second-order valence-electron chi connectivity index (χ2n) is 7.19. The first kappa shape index (κ1) is 17.9. The molecule has 1 saturated heterocycles. The van der Waals surface area contributed by atoms with Crippen molar-refractivity contribution in [2.24, 2.45) is 13.0 Å². The summed E-state index contributed by atoms with van der Waals surface area (Å²) >= 11 is 0. The van der Waals surface area contributed by atoms with Crippen LogP contribution in [0.4, 0.5) is 0 Å². The topological polar surface area (TPSA) is 68.6 Å². The Bertz CT molecular complexity index is 806. The van der Waals surface area contributed by atoms with E-state index in [0.29, 0.717) is 26.2 Å². The van der Waals surface area contributed by atoms with Crippen LogP contribution in [-0.2, 0) is 11.8 Å². The first-order valence-corrected chi connectivity index (χ1v) is 9.52. The lowest BCUT2D eigenvalue weighted by atomic mass is 9.89. The average Bonchev–Trinajstić information content (AvgIpc) is 3.34. The monoisotopic (exact) mass is 370 g/mol. The van der Waals surface area contributed by atoms with Crippen molar-refractivity contribution < 1.29 is 14.3 Å². The molecule has 7 nitrogen and oxygen atoms in total. The molecule has 0 aliphatic carbocycles. The molecule has 0 saturated carbocycles. The molecule has 0 radical (unpaired) electrons. The number of rotatable bonds is 5. The van der Waals surface area contributed by atoms with Crippen LogP contribution < -0.4 is 14.8 Å². The number of hydrogen-bond acceptors (Lipinski definition) is 5. The lowest BCUT2D eigenvalue weighted by Crippen LogP contribution is -2.46. The number of nitrogens with zero attached hydrogens (tertiary/aromatic N) is 3. The van der Waals surface area contributed by atoms with Crippen LogP contribution in [0.15, 0.2) is 36.7 Å². The zero-order chi connectivity index (χ0) is 18.8. The predicted molar refractivity (Wildman–Crippen MR) is 101 cm³/mol. The molecule has 3 heterocycles. The number of nitrogens with one attached hydrogen (secondary N) is 1. The molecule has 27 heavy (non-hydrogen) atoms. The molecular formula is C20H26N4O3. The Balaban J connectivity index is 1.44. The number of benzene rings is 1. The van der Waals surface area contributed by atoms with Crippen LogP contribution in [-0.4, -0.2) is 59.5 Å². The van der Waals surface area contributed by atoms with Crippen molar-refractivity contribution in [2.75, 3.05) is 32.8 Å². The quantitative estimate of drug-likeness (QED) is 0.862. The van der Waals surface area contributed by atoms with Gasteiger partial charge in [-0.3, -0.25) is 9.48 Å². The fourth-order valence-corrected chi connectivity index (χ4v) is 3.93. The Morgan fingerprint density at radius 1 is 1.33 bits per heavy atom. The van der Waals surface area contributed by atoms with Crippen LogP contribution in [0.3, 0.4) is 0 Å². The van der Waals surface area contributed by atoms with Crippen LogP contribution in [0.2, 0.25) is 0 Å². The highest BCUT2D eigenvalue weighted by molar-refractivity contribution is 5.80. The van der Waals surface area contributed by atoms with E-state index in [4.69, 9.17) is 9.47 Å². The summed E-state index contributed by atoms with van der Waals surface area (Å²) < 4.78 is 13.6. The van der Waals surface area contributed by atoms with Crippen molar-refractivity contribution in [1.29, 1.82) is 0 Å². The minimum absolute atomic E-state index is 0.0778. The van der Waals surface area contributed by atoms with E-state index in [1.807, 2.05) is 55.5 Å². The molecule has 1 amide bonds. The van der Waals surface area contributed by atoms with E-state index in [2.05, 4.69) is 10.4 Å². The minimum atomic E-state index is -0.157. The number of aryl methyl sites for hydroxylation is 1. The molecule has 0 spiro atoms. The maximum Gasteiger partial charge on any atom is 0.227 e. The summed E-state index contributed by atoms with van der Waals surface area (Å²) in [5, 5.41) is 7.63. The van der Waals surface area contributed by atoms with Gasteiger partial charge in [-0.1, -0.05) is 12.1 Å². The van der Waals surface area contributed by atoms with Gasteiger partial charge in [-0.15, -0.1) is 0 Å². The highest BCUT2D eigenvalue weighted by Crippen LogP contribution is 2.32. The third-order valence-corrected chi connectivity index (χ3v) is 5.37. The molecule has 2 aliphatic rings. The molecule has 1 aromatic carbocycles. The van der Waals surface area contributed by atoms with Crippen molar-refractivity contribution in [3.8, 4) is 11.5 Å². The van der Waals surface area contributed by atoms with E-state index in [0.717, 1.165) is 23.6 Å². The number of likely N-dealkylation sites (N-methyl/N-ethyl adjacent to an activating group) is 1. The second-order valence-corrected chi connectivity index (χ2v) is 7.19. The van der Waals surface area contributed by atoms with E-state index in [1.54, 1.807) is 4.68 Å². The fraction of sp³-hybridized carbons (Fsp3) is 0.500. The van der Waals surface area contributed by atoms with E-state index < -0.39 is 0 Å². The summed E-state index contributed by atoms with van der Waals surface area (Å²) in [5.74, 6) is 1.75. The summed E-state index contributed by atoms with van der Waals surface area (Å²) in [7, 11) is 1.90. The molecule has 2 aliphatic heterocycles. The third kappa shape index (κ3) is 3.64. The first-order chi connectivity index (χ1) is 13.2. The molecule has 1 N–H and O–H groups in total. The van der Waals surface area contributed by atoms with Gasteiger partial charge in [0.2, 0.25) is 5.91 Å². The lowest BCUT2D eigenvalue weighted by molar-refractivity contribution is -0.136. The molecule has 1 aromatic heterocycles. The number of carbonyl (C=O) groups excluding carboxylic acids is 1. The van der Waals surface area contributed by atoms with Crippen LogP contribution >= 0.6 is 0 Å². The normalized spacial score (nSPS) is 24.0. The SMILES string of the molecule is CCN(CC1COc2ccccc2O1)C(=O)[C@H]1CNC[C@@H]1c1cnn(C)c1. The zero-order valence-electron chi connectivity index (χ0n) is 15.8. The molecule has 3 atom stereocenters. The fourth-order valence-electron chi connectivity index (χ4n) is 3.93. The van der Waals surface area contributed by atoms with Gasteiger partial charge in [0.25, 0.3) is 0 Å². The minimum Gasteiger partial charge on any atom is -0.486 e. The van der Waals surface area contributed by atoms with Gasteiger partial charge in [-0.25, -0.2) is 0 Å². The molecule has 1 fully saturated rings. The van der Waals surface area contributed by atoms with E-state index >= 15 is 0 Å². The summed E-state index contributed by atoms with van der Waals surface area (Å²) in [5.41, 5.74) is 1.11. The van der Waals surface area contributed by atoms with Crippen molar-refractivity contribution >= 4 is 5.91 Å². The molecule has 2 aromatic rings. The maximum atomic E-state index is 13.2. The Kier molecular flexibility index (Phi) is 5.03. The zero-order valence-corrected chi connectivity index (χ0v) is 15.8.